The molecule has 4 N–H and O–H groups in total. The predicted molar refractivity (Wildman–Crippen MR) is 64.5 cm³/mol. The predicted octanol–water partition coefficient (Wildman–Crippen LogP) is 1.25. The smallest absolute Gasteiger partial charge is 0.265 e. The summed E-state index contributed by atoms with van der Waals surface area (Å²) in [5.41, 5.74) is 6.81. The molecule has 1 unspecified atom stereocenters. The summed E-state index contributed by atoms with van der Waals surface area (Å²) in [5.74, 6) is 0.368. The van der Waals surface area contributed by atoms with Gasteiger partial charge >= 0.3 is 0 Å². The van der Waals surface area contributed by atoms with Gasteiger partial charge in [-0.1, -0.05) is 0 Å². The summed E-state index contributed by atoms with van der Waals surface area (Å²) in [6.07, 6.45) is -3.22. The first-order valence-electron chi connectivity index (χ1n) is 5.28. The number of nitrogen functional groups attached to an aromatic ring is 1. The van der Waals surface area contributed by atoms with E-state index in [9.17, 15) is 8.78 Å². The Morgan fingerprint density at radius 2 is 2.11 bits per heavy atom. The second kappa shape index (κ2) is 5.09. The Balaban J connectivity index is 2.25. The van der Waals surface area contributed by atoms with Gasteiger partial charge in [-0.25, -0.2) is 18.7 Å². The Kier molecular flexibility index (Phi) is 3.52. The Hall–Kier alpha value is -2.02. The van der Waals surface area contributed by atoms with Crippen molar-refractivity contribution in [1.29, 1.82) is 0 Å². The van der Waals surface area contributed by atoms with Gasteiger partial charge in [0.25, 0.3) is 6.43 Å². The fourth-order valence-electron chi connectivity index (χ4n) is 1.51. The number of hydrogen-bond acceptors (Lipinski definition) is 5. The quantitative estimate of drug-likeness (QED) is 0.715. The zero-order valence-electron chi connectivity index (χ0n) is 9.35. The molecule has 0 aliphatic heterocycles. The van der Waals surface area contributed by atoms with Crippen molar-refractivity contribution in [3.63, 3.8) is 0 Å². The first-order valence-corrected chi connectivity index (χ1v) is 5.28. The molecule has 0 saturated carbocycles. The number of nitrogens with one attached hydrogen (secondary N) is 1. The van der Waals surface area contributed by atoms with Crippen molar-refractivity contribution in [1.82, 2.24) is 9.97 Å². The Bertz CT molecular complexity index is 550. The normalized spacial score (nSPS) is 12.9. The summed E-state index contributed by atoms with van der Waals surface area (Å²) in [4.78, 5) is 7.97. The SMILES string of the molecule is Nc1ccc2ncnc(NCC(O)C(F)F)c2c1. The highest BCUT2D eigenvalue weighted by Gasteiger charge is 2.16. The molecule has 7 heteroatoms. The maximum absolute atomic E-state index is 12.2. The second-order valence-corrected chi connectivity index (χ2v) is 3.78. The van der Waals surface area contributed by atoms with E-state index in [2.05, 4.69) is 15.3 Å². The minimum Gasteiger partial charge on any atom is -0.399 e. The van der Waals surface area contributed by atoms with E-state index in [4.69, 9.17) is 10.8 Å². The molecular formula is C11H12F2N4O. The van der Waals surface area contributed by atoms with Crippen LogP contribution in [0.1, 0.15) is 0 Å². The van der Waals surface area contributed by atoms with E-state index in [0.29, 0.717) is 22.4 Å². The minimum atomic E-state index is -2.80. The van der Waals surface area contributed by atoms with Gasteiger partial charge in [-0.15, -0.1) is 0 Å². The highest BCUT2D eigenvalue weighted by atomic mass is 19.3. The number of hydrogen-bond donors (Lipinski definition) is 3. The molecule has 18 heavy (non-hydrogen) atoms. The number of halogens is 2. The highest BCUT2D eigenvalue weighted by molar-refractivity contribution is 5.91. The largest absolute Gasteiger partial charge is 0.399 e. The maximum Gasteiger partial charge on any atom is 0.265 e. The van der Waals surface area contributed by atoms with Gasteiger partial charge in [-0.2, -0.15) is 0 Å². The number of rotatable bonds is 4. The molecule has 1 aromatic carbocycles. The first kappa shape index (κ1) is 12.4. The van der Waals surface area contributed by atoms with Crippen LogP contribution in [0.15, 0.2) is 24.5 Å². The van der Waals surface area contributed by atoms with Crippen molar-refractivity contribution >= 4 is 22.4 Å². The van der Waals surface area contributed by atoms with Gasteiger partial charge in [0, 0.05) is 17.6 Å². The van der Waals surface area contributed by atoms with Gasteiger partial charge in [0.15, 0.2) is 0 Å². The number of nitrogens with two attached hydrogens (primary N) is 1. The number of aromatic nitrogens is 2. The lowest BCUT2D eigenvalue weighted by Gasteiger charge is -2.12. The molecule has 1 heterocycles. The highest BCUT2D eigenvalue weighted by Crippen LogP contribution is 2.21. The van der Waals surface area contributed by atoms with Crippen molar-refractivity contribution in [2.24, 2.45) is 0 Å². The number of benzene rings is 1. The number of aliphatic hydroxyl groups excluding tert-OH is 1. The molecule has 2 aromatic rings. The zero-order valence-corrected chi connectivity index (χ0v) is 9.35. The number of alkyl halides is 2. The van der Waals surface area contributed by atoms with Crippen molar-refractivity contribution in [2.45, 2.75) is 12.5 Å². The number of fused-ring (bicyclic) bond motifs is 1. The van der Waals surface area contributed by atoms with E-state index >= 15 is 0 Å². The molecule has 1 atom stereocenters. The third-order valence-electron chi connectivity index (χ3n) is 2.43. The molecule has 1 aromatic heterocycles. The van der Waals surface area contributed by atoms with Crippen LogP contribution >= 0.6 is 0 Å². The molecule has 2 rings (SSSR count). The van der Waals surface area contributed by atoms with E-state index in [1.54, 1.807) is 18.2 Å². The number of anilines is 2. The van der Waals surface area contributed by atoms with E-state index in [-0.39, 0.29) is 6.54 Å². The lowest BCUT2D eigenvalue weighted by molar-refractivity contribution is 0.00382. The Labute approximate surface area is 102 Å². The summed E-state index contributed by atoms with van der Waals surface area (Å²) in [5, 5.41) is 12.3. The summed E-state index contributed by atoms with van der Waals surface area (Å²) in [6, 6.07) is 5.04. The van der Waals surface area contributed by atoms with Crippen molar-refractivity contribution < 1.29 is 13.9 Å². The fraction of sp³-hybridized carbons (Fsp3) is 0.273. The van der Waals surface area contributed by atoms with Crippen LogP contribution in [0.4, 0.5) is 20.3 Å². The van der Waals surface area contributed by atoms with Crippen molar-refractivity contribution in [3.8, 4) is 0 Å². The van der Waals surface area contributed by atoms with E-state index < -0.39 is 12.5 Å². The third kappa shape index (κ3) is 2.62. The van der Waals surface area contributed by atoms with Crippen molar-refractivity contribution in [3.05, 3.63) is 24.5 Å². The molecule has 0 amide bonds. The minimum absolute atomic E-state index is 0.293. The molecule has 5 nitrogen and oxygen atoms in total. The topological polar surface area (TPSA) is 84.1 Å². The molecule has 0 radical (unpaired) electrons. The van der Waals surface area contributed by atoms with Gasteiger partial charge in [-0.3, -0.25) is 0 Å². The standard InChI is InChI=1S/C11H12F2N4O/c12-10(13)9(18)4-15-11-7-3-6(14)1-2-8(7)16-5-17-11/h1-3,5,9-10,18H,4,14H2,(H,15,16,17). The van der Waals surface area contributed by atoms with Gasteiger partial charge < -0.3 is 16.2 Å². The summed E-state index contributed by atoms with van der Waals surface area (Å²) >= 11 is 0. The van der Waals surface area contributed by atoms with E-state index in [1.165, 1.54) is 6.33 Å². The van der Waals surface area contributed by atoms with Crippen LogP contribution < -0.4 is 11.1 Å². The number of aliphatic hydroxyl groups is 1. The molecular weight excluding hydrogens is 242 g/mol. The Morgan fingerprint density at radius 1 is 1.33 bits per heavy atom. The monoisotopic (exact) mass is 254 g/mol. The molecule has 0 spiro atoms. The van der Waals surface area contributed by atoms with Crippen LogP contribution in [0.25, 0.3) is 10.9 Å². The van der Waals surface area contributed by atoms with E-state index in [1.807, 2.05) is 0 Å². The van der Waals surface area contributed by atoms with Gasteiger partial charge in [0.05, 0.1) is 5.52 Å². The lowest BCUT2D eigenvalue weighted by atomic mass is 10.2. The van der Waals surface area contributed by atoms with Crippen LogP contribution in [-0.2, 0) is 0 Å². The zero-order chi connectivity index (χ0) is 13.1. The average molecular weight is 254 g/mol. The van der Waals surface area contributed by atoms with E-state index in [0.717, 1.165) is 0 Å². The third-order valence-corrected chi connectivity index (χ3v) is 2.43. The summed E-state index contributed by atoms with van der Waals surface area (Å²) in [7, 11) is 0. The lowest BCUT2D eigenvalue weighted by Crippen LogP contribution is -2.27. The van der Waals surface area contributed by atoms with Gasteiger partial charge in [0.1, 0.15) is 18.2 Å². The molecule has 0 saturated heterocycles. The Morgan fingerprint density at radius 3 is 2.83 bits per heavy atom. The van der Waals surface area contributed by atoms with Crippen LogP contribution in [-0.4, -0.2) is 34.1 Å². The van der Waals surface area contributed by atoms with Crippen molar-refractivity contribution in [2.75, 3.05) is 17.6 Å². The molecule has 0 bridgehead atoms. The molecule has 0 aliphatic rings. The maximum atomic E-state index is 12.2. The van der Waals surface area contributed by atoms with Gasteiger partial charge in [0.2, 0.25) is 0 Å². The number of nitrogens with zero attached hydrogens (tertiary/aromatic N) is 2. The summed E-state index contributed by atoms with van der Waals surface area (Å²) in [6.45, 7) is -0.293. The average Bonchev–Trinajstić information content (AvgIpc) is 2.35. The van der Waals surface area contributed by atoms with Crippen LogP contribution in [0, 0.1) is 0 Å². The first-order chi connectivity index (χ1) is 8.58. The van der Waals surface area contributed by atoms with Crippen LogP contribution in [0.3, 0.4) is 0 Å². The molecule has 0 fully saturated rings. The van der Waals surface area contributed by atoms with Gasteiger partial charge in [-0.05, 0) is 18.2 Å². The van der Waals surface area contributed by atoms with Crippen LogP contribution in [0.5, 0.6) is 0 Å². The summed E-state index contributed by atoms with van der Waals surface area (Å²) < 4.78 is 24.3. The molecule has 0 aliphatic carbocycles. The fourth-order valence-corrected chi connectivity index (χ4v) is 1.51. The van der Waals surface area contributed by atoms with Crippen LogP contribution in [0.2, 0.25) is 0 Å². The second-order valence-electron chi connectivity index (χ2n) is 3.78. The molecule has 96 valence electrons.